The van der Waals surface area contributed by atoms with Crippen LogP contribution in [0.4, 0.5) is 0 Å². The molecule has 2 rings (SSSR count). The molecule has 2 aromatic carbocycles. The zero-order valence-corrected chi connectivity index (χ0v) is 11.4. The van der Waals surface area contributed by atoms with E-state index in [4.69, 9.17) is 9.57 Å². The fourth-order valence-electron chi connectivity index (χ4n) is 1.82. The van der Waals surface area contributed by atoms with Crippen LogP contribution in [-0.2, 0) is 4.84 Å². The van der Waals surface area contributed by atoms with Crippen molar-refractivity contribution in [2.45, 2.75) is 6.92 Å². The molecule has 3 heteroatoms. The summed E-state index contributed by atoms with van der Waals surface area (Å²) in [5.74, 6) is 0.824. The van der Waals surface area contributed by atoms with Crippen LogP contribution < -0.4 is 4.74 Å². The molecule has 0 bridgehead atoms. The minimum atomic E-state index is 0.810. The van der Waals surface area contributed by atoms with E-state index in [2.05, 4.69) is 24.2 Å². The van der Waals surface area contributed by atoms with Gasteiger partial charge in [-0.05, 0) is 31.2 Å². The van der Waals surface area contributed by atoms with Crippen molar-refractivity contribution in [3.05, 3.63) is 65.2 Å². The van der Waals surface area contributed by atoms with E-state index in [0.717, 1.165) is 22.6 Å². The Hall–Kier alpha value is -2.29. The van der Waals surface area contributed by atoms with Crippen molar-refractivity contribution in [3.8, 4) is 5.75 Å². The Labute approximate surface area is 113 Å². The molecule has 0 spiro atoms. The molecule has 98 valence electrons. The molecule has 0 atom stereocenters. The maximum absolute atomic E-state index is 5.16. The lowest BCUT2D eigenvalue weighted by molar-refractivity contribution is 0.214. The highest BCUT2D eigenvalue weighted by molar-refractivity contribution is 6.12. The first kappa shape index (κ1) is 13.1. The van der Waals surface area contributed by atoms with Gasteiger partial charge in [-0.2, -0.15) is 0 Å². The second-order valence-corrected chi connectivity index (χ2v) is 4.22. The number of aryl methyl sites for hydroxylation is 1. The molecular formula is C16H17NO2. The van der Waals surface area contributed by atoms with Gasteiger partial charge in [-0.15, -0.1) is 0 Å². The largest absolute Gasteiger partial charge is 0.497 e. The van der Waals surface area contributed by atoms with Gasteiger partial charge in [-0.3, -0.25) is 0 Å². The Kier molecular flexibility index (Phi) is 4.18. The highest BCUT2D eigenvalue weighted by Crippen LogP contribution is 2.16. The van der Waals surface area contributed by atoms with Gasteiger partial charge < -0.3 is 9.57 Å². The molecule has 0 aromatic heterocycles. The van der Waals surface area contributed by atoms with Crippen LogP contribution >= 0.6 is 0 Å². The fourth-order valence-corrected chi connectivity index (χ4v) is 1.82. The van der Waals surface area contributed by atoms with Gasteiger partial charge in [0.1, 0.15) is 18.6 Å². The summed E-state index contributed by atoms with van der Waals surface area (Å²) in [6.45, 7) is 2.06. The Bertz CT molecular complexity index is 556. The third-order valence-corrected chi connectivity index (χ3v) is 2.87. The number of oxime groups is 1. The minimum absolute atomic E-state index is 0.810. The Balaban J connectivity index is 2.39. The van der Waals surface area contributed by atoms with Crippen molar-refractivity contribution in [3.63, 3.8) is 0 Å². The molecule has 3 nitrogen and oxygen atoms in total. The maximum atomic E-state index is 5.16. The molecule has 0 heterocycles. The summed E-state index contributed by atoms with van der Waals surface area (Å²) in [4.78, 5) is 4.96. The molecule has 0 aliphatic rings. The van der Waals surface area contributed by atoms with Crippen molar-refractivity contribution in [2.75, 3.05) is 14.2 Å². The SMILES string of the molecule is CO/N=C(/c1ccc(C)cc1)c1ccc(OC)cc1. The smallest absolute Gasteiger partial charge is 0.118 e. The average Bonchev–Trinajstić information content (AvgIpc) is 2.46. The van der Waals surface area contributed by atoms with Gasteiger partial charge in [0.25, 0.3) is 0 Å². The van der Waals surface area contributed by atoms with E-state index in [9.17, 15) is 0 Å². The molecule has 0 aliphatic carbocycles. The highest BCUT2D eigenvalue weighted by Gasteiger charge is 2.08. The van der Waals surface area contributed by atoms with Gasteiger partial charge in [-0.1, -0.05) is 35.0 Å². The quantitative estimate of drug-likeness (QED) is 0.619. The van der Waals surface area contributed by atoms with Gasteiger partial charge in [-0.25, -0.2) is 0 Å². The van der Waals surface area contributed by atoms with Crippen LogP contribution in [0.5, 0.6) is 5.75 Å². The topological polar surface area (TPSA) is 30.8 Å². The molecule has 0 radical (unpaired) electrons. The number of benzene rings is 2. The lowest BCUT2D eigenvalue weighted by Gasteiger charge is -2.07. The van der Waals surface area contributed by atoms with E-state index in [1.807, 2.05) is 36.4 Å². The van der Waals surface area contributed by atoms with Crippen LogP contribution in [0.3, 0.4) is 0 Å². The van der Waals surface area contributed by atoms with E-state index in [-0.39, 0.29) is 0 Å². The first-order valence-electron chi connectivity index (χ1n) is 6.07. The van der Waals surface area contributed by atoms with Gasteiger partial charge in [0.05, 0.1) is 7.11 Å². The standard InChI is InChI=1S/C16H17NO2/c1-12-4-6-13(7-5-12)16(17-19-3)14-8-10-15(18-2)11-9-14/h4-11H,1-3H3/b17-16-. The number of ether oxygens (including phenoxy) is 1. The lowest BCUT2D eigenvalue weighted by Crippen LogP contribution is -2.04. The van der Waals surface area contributed by atoms with Gasteiger partial charge in [0, 0.05) is 11.1 Å². The van der Waals surface area contributed by atoms with Crippen molar-refractivity contribution in [1.82, 2.24) is 0 Å². The number of nitrogens with zero attached hydrogens (tertiary/aromatic N) is 1. The summed E-state index contributed by atoms with van der Waals surface area (Å²) in [7, 11) is 3.21. The highest BCUT2D eigenvalue weighted by atomic mass is 16.6. The first-order valence-corrected chi connectivity index (χ1v) is 6.07. The van der Waals surface area contributed by atoms with E-state index in [1.165, 1.54) is 5.56 Å². The lowest BCUT2D eigenvalue weighted by atomic mass is 10.0. The summed E-state index contributed by atoms with van der Waals surface area (Å²) < 4.78 is 5.16. The molecule has 0 fully saturated rings. The zero-order chi connectivity index (χ0) is 13.7. The second kappa shape index (κ2) is 6.05. The molecule has 0 saturated heterocycles. The van der Waals surface area contributed by atoms with E-state index in [0.29, 0.717) is 0 Å². The fraction of sp³-hybridized carbons (Fsp3) is 0.188. The van der Waals surface area contributed by atoms with Crippen molar-refractivity contribution >= 4 is 5.71 Å². The van der Waals surface area contributed by atoms with Crippen LogP contribution in [0.15, 0.2) is 53.7 Å². The molecule has 2 aromatic rings. The average molecular weight is 255 g/mol. The monoisotopic (exact) mass is 255 g/mol. The predicted molar refractivity (Wildman–Crippen MR) is 76.8 cm³/mol. The molecule has 0 unspecified atom stereocenters. The molecule has 19 heavy (non-hydrogen) atoms. The number of methoxy groups -OCH3 is 1. The van der Waals surface area contributed by atoms with Crippen LogP contribution in [0.1, 0.15) is 16.7 Å². The van der Waals surface area contributed by atoms with Crippen LogP contribution in [0.2, 0.25) is 0 Å². The van der Waals surface area contributed by atoms with Crippen LogP contribution in [-0.4, -0.2) is 19.9 Å². The van der Waals surface area contributed by atoms with Crippen molar-refractivity contribution in [1.29, 1.82) is 0 Å². The Morgan fingerprint density at radius 1 is 0.842 bits per heavy atom. The van der Waals surface area contributed by atoms with Crippen molar-refractivity contribution < 1.29 is 9.57 Å². The predicted octanol–water partition coefficient (Wildman–Crippen LogP) is 3.40. The molecule has 0 aliphatic heterocycles. The molecule has 0 amide bonds. The summed E-state index contributed by atoms with van der Waals surface area (Å²) in [5.41, 5.74) is 4.05. The van der Waals surface area contributed by atoms with E-state index >= 15 is 0 Å². The van der Waals surface area contributed by atoms with Crippen LogP contribution in [0.25, 0.3) is 0 Å². The number of hydrogen-bond donors (Lipinski definition) is 0. The molecule has 0 saturated carbocycles. The van der Waals surface area contributed by atoms with Crippen LogP contribution in [0, 0.1) is 6.92 Å². The third kappa shape index (κ3) is 3.13. The van der Waals surface area contributed by atoms with E-state index in [1.54, 1.807) is 14.2 Å². The maximum Gasteiger partial charge on any atom is 0.118 e. The summed E-state index contributed by atoms with van der Waals surface area (Å²) in [6, 6.07) is 16.0. The van der Waals surface area contributed by atoms with Gasteiger partial charge in [0.2, 0.25) is 0 Å². The number of hydrogen-bond acceptors (Lipinski definition) is 3. The summed E-state index contributed by atoms with van der Waals surface area (Å²) in [6.07, 6.45) is 0. The molecular weight excluding hydrogens is 238 g/mol. The minimum Gasteiger partial charge on any atom is -0.497 e. The second-order valence-electron chi connectivity index (χ2n) is 4.22. The summed E-state index contributed by atoms with van der Waals surface area (Å²) >= 11 is 0. The molecule has 0 N–H and O–H groups in total. The Morgan fingerprint density at radius 3 is 1.84 bits per heavy atom. The Morgan fingerprint density at radius 2 is 1.37 bits per heavy atom. The zero-order valence-electron chi connectivity index (χ0n) is 11.4. The first-order chi connectivity index (χ1) is 9.24. The third-order valence-electron chi connectivity index (χ3n) is 2.87. The van der Waals surface area contributed by atoms with Gasteiger partial charge in [0.15, 0.2) is 0 Å². The van der Waals surface area contributed by atoms with E-state index < -0.39 is 0 Å². The normalized spacial score (nSPS) is 11.2. The van der Waals surface area contributed by atoms with Gasteiger partial charge >= 0.3 is 0 Å². The number of rotatable bonds is 4. The summed E-state index contributed by atoms with van der Waals surface area (Å²) in [5, 5.41) is 4.13. The van der Waals surface area contributed by atoms with Crippen molar-refractivity contribution in [2.24, 2.45) is 5.16 Å².